The van der Waals surface area contributed by atoms with Crippen LogP contribution < -0.4 is 15.6 Å². The van der Waals surface area contributed by atoms with Crippen molar-refractivity contribution in [1.82, 2.24) is 0 Å². The highest BCUT2D eigenvalue weighted by Crippen LogP contribution is 2.27. The van der Waals surface area contributed by atoms with E-state index in [0.29, 0.717) is 11.1 Å². The van der Waals surface area contributed by atoms with Crippen LogP contribution in [0.15, 0.2) is 83.3 Å². The van der Waals surface area contributed by atoms with Crippen molar-refractivity contribution in [2.45, 2.75) is 13.8 Å². The van der Waals surface area contributed by atoms with Gasteiger partial charge in [0.2, 0.25) is 0 Å². The van der Waals surface area contributed by atoms with E-state index >= 15 is 0 Å². The number of fused-ring (bicyclic) bond motifs is 3. The van der Waals surface area contributed by atoms with Crippen molar-refractivity contribution in [3.05, 3.63) is 102 Å². The summed E-state index contributed by atoms with van der Waals surface area (Å²) in [4.78, 5) is 0. The summed E-state index contributed by atoms with van der Waals surface area (Å²) in [6.45, 7) is 3.51. The summed E-state index contributed by atoms with van der Waals surface area (Å²) < 4.78 is 34.9. The highest BCUT2D eigenvalue weighted by Gasteiger charge is 2.22. The van der Waals surface area contributed by atoms with Gasteiger partial charge in [-0.3, -0.25) is 0 Å². The summed E-state index contributed by atoms with van der Waals surface area (Å²) >= 11 is 0. The van der Waals surface area contributed by atoms with Crippen molar-refractivity contribution in [1.29, 1.82) is 0 Å². The fourth-order valence-electron chi connectivity index (χ4n) is 4.08. The van der Waals surface area contributed by atoms with Gasteiger partial charge in [-0.2, -0.15) is 0 Å². The zero-order chi connectivity index (χ0) is 20.8. The van der Waals surface area contributed by atoms with E-state index < -0.39 is 8.80 Å². The van der Waals surface area contributed by atoms with E-state index in [4.69, 9.17) is 4.42 Å². The second kappa shape index (κ2) is 7.22. The van der Waals surface area contributed by atoms with Crippen molar-refractivity contribution in [3.63, 3.8) is 0 Å². The molecule has 0 unspecified atom stereocenters. The number of hydrogen-bond acceptors (Lipinski definition) is 1. The van der Waals surface area contributed by atoms with Gasteiger partial charge in [0.1, 0.15) is 31.6 Å². The lowest BCUT2D eigenvalue weighted by molar-refractivity contribution is 0.619. The molecule has 0 radical (unpaired) electrons. The molecule has 5 aromatic rings. The smallest absolute Gasteiger partial charge is 0.135 e. The van der Waals surface area contributed by atoms with Crippen LogP contribution in [-0.4, -0.2) is 8.80 Å². The van der Waals surface area contributed by atoms with Gasteiger partial charge in [0.05, 0.1) is 0 Å². The normalized spacial score (nSPS) is 11.6. The highest BCUT2D eigenvalue weighted by molar-refractivity contribution is 6.95. The molecule has 0 atom stereocenters. The lowest BCUT2D eigenvalue weighted by Gasteiger charge is -2.18. The minimum atomic E-state index is -2.09. The molecule has 0 fully saturated rings. The molecule has 0 aliphatic rings. The van der Waals surface area contributed by atoms with Crippen molar-refractivity contribution >= 4 is 46.3 Å². The van der Waals surface area contributed by atoms with Crippen LogP contribution in [0, 0.1) is 25.5 Å². The van der Waals surface area contributed by atoms with Gasteiger partial charge in [-0.05, 0) is 59.6 Å². The number of benzene rings is 4. The Morgan fingerprint density at radius 2 is 1.13 bits per heavy atom. The first kappa shape index (κ1) is 18.8. The van der Waals surface area contributed by atoms with E-state index in [-0.39, 0.29) is 11.6 Å². The van der Waals surface area contributed by atoms with Crippen LogP contribution in [0.4, 0.5) is 8.78 Å². The Balaban J connectivity index is 1.75. The fourth-order valence-corrected chi connectivity index (χ4v) is 7.06. The van der Waals surface area contributed by atoms with Crippen molar-refractivity contribution < 1.29 is 13.2 Å². The molecule has 0 bridgehead atoms. The molecule has 1 nitrogen and oxygen atoms in total. The number of para-hydroxylation sites is 1. The van der Waals surface area contributed by atoms with E-state index in [9.17, 15) is 8.78 Å². The lowest BCUT2D eigenvalue weighted by atomic mass is 10.1. The fraction of sp³-hybridized carbons (Fsp3) is 0.0769. The monoisotopic (exact) mass is 414 g/mol. The summed E-state index contributed by atoms with van der Waals surface area (Å²) in [6.07, 6.45) is 0. The van der Waals surface area contributed by atoms with Gasteiger partial charge in [-0.15, -0.1) is 0 Å². The molecule has 4 heteroatoms. The molecule has 148 valence electrons. The molecule has 30 heavy (non-hydrogen) atoms. The minimum absolute atomic E-state index is 0.229. The van der Waals surface area contributed by atoms with Crippen LogP contribution in [0.2, 0.25) is 0 Å². The molecule has 1 heterocycles. The maximum Gasteiger partial charge on any atom is 0.135 e. The van der Waals surface area contributed by atoms with E-state index in [1.807, 2.05) is 48.5 Å². The molecular formula is C26H20F2OSi. The molecule has 0 N–H and O–H groups in total. The third-order valence-electron chi connectivity index (χ3n) is 5.79. The Labute approximate surface area is 175 Å². The quantitative estimate of drug-likeness (QED) is 0.307. The topological polar surface area (TPSA) is 13.1 Å². The minimum Gasteiger partial charge on any atom is -0.456 e. The first-order chi connectivity index (χ1) is 14.5. The second-order valence-electron chi connectivity index (χ2n) is 7.80. The molecular weight excluding hydrogens is 394 g/mol. The number of aryl methyl sites for hydroxylation is 2. The zero-order valence-corrected chi connectivity index (χ0v) is 17.9. The first-order valence-corrected chi connectivity index (χ1v) is 11.7. The van der Waals surface area contributed by atoms with Crippen LogP contribution in [0.3, 0.4) is 0 Å². The predicted octanol–water partition coefficient (Wildman–Crippen LogP) is 4.73. The molecule has 1 aromatic heterocycles. The Kier molecular flexibility index (Phi) is 4.52. The maximum absolute atomic E-state index is 14.5. The van der Waals surface area contributed by atoms with Gasteiger partial charge >= 0.3 is 0 Å². The average molecular weight is 415 g/mol. The Bertz CT molecular complexity index is 1350. The highest BCUT2D eigenvalue weighted by atomic mass is 28.3. The van der Waals surface area contributed by atoms with Crippen LogP contribution in [0.1, 0.15) is 11.1 Å². The van der Waals surface area contributed by atoms with Gasteiger partial charge in [0.15, 0.2) is 0 Å². The van der Waals surface area contributed by atoms with Crippen molar-refractivity contribution in [3.8, 4) is 0 Å². The van der Waals surface area contributed by atoms with Crippen LogP contribution >= 0.6 is 0 Å². The summed E-state index contributed by atoms with van der Waals surface area (Å²) in [5, 5.41) is 5.02. The third-order valence-corrected chi connectivity index (χ3v) is 8.87. The van der Waals surface area contributed by atoms with Gasteiger partial charge in [0, 0.05) is 10.8 Å². The standard InChI is InChI=1S/C26H20F2OSi/c1-16-7-9-19(14-23(16)27)30(20-10-8-17(2)24(28)15-20)18-11-12-26-22(13-18)21-5-3-4-6-25(21)29-26/h3-15,30H,1-2H3. The number of rotatable bonds is 3. The van der Waals surface area contributed by atoms with Gasteiger partial charge in [-0.25, -0.2) is 8.78 Å². The summed E-state index contributed by atoms with van der Waals surface area (Å²) in [5.41, 5.74) is 2.87. The van der Waals surface area contributed by atoms with Crippen LogP contribution in [-0.2, 0) is 0 Å². The van der Waals surface area contributed by atoms with Crippen LogP contribution in [0.25, 0.3) is 21.9 Å². The first-order valence-electron chi connectivity index (χ1n) is 9.94. The SMILES string of the molecule is Cc1ccc([SiH](c2ccc(C)c(F)c2)c2ccc3oc4ccccc4c3c2)cc1F. The molecule has 5 rings (SSSR count). The second-order valence-corrected chi connectivity index (χ2v) is 10.7. The lowest BCUT2D eigenvalue weighted by Crippen LogP contribution is -2.52. The van der Waals surface area contributed by atoms with Gasteiger partial charge < -0.3 is 4.42 Å². The Morgan fingerprint density at radius 1 is 0.600 bits per heavy atom. The van der Waals surface area contributed by atoms with E-state index in [1.165, 1.54) is 0 Å². The number of furan rings is 1. The summed E-state index contributed by atoms with van der Waals surface area (Å²) in [7, 11) is -2.09. The molecule has 0 amide bonds. The molecule has 0 aliphatic carbocycles. The van der Waals surface area contributed by atoms with Gasteiger partial charge in [-0.1, -0.05) is 59.8 Å². The largest absolute Gasteiger partial charge is 0.456 e. The summed E-state index contributed by atoms with van der Waals surface area (Å²) in [5.74, 6) is -0.458. The van der Waals surface area contributed by atoms with Gasteiger partial charge in [0.25, 0.3) is 0 Å². The number of halogens is 2. The molecule has 4 aromatic carbocycles. The molecule has 0 aliphatic heterocycles. The molecule has 0 saturated heterocycles. The predicted molar refractivity (Wildman–Crippen MR) is 122 cm³/mol. The van der Waals surface area contributed by atoms with E-state index in [0.717, 1.165) is 37.5 Å². The summed E-state index contributed by atoms with van der Waals surface area (Å²) in [6, 6.07) is 24.9. The van der Waals surface area contributed by atoms with Crippen LogP contribution in [0.5, 0.6) is 0 Å². The average Bonchev–Trinajstić information content (AvgIpc) is 3.11. The Morgan fingerprint density at radius 3 is 1.77 bits per heavy atom. The third kappa shape index (κ3) is 3.14. The Hall–Kier alpha value is -3.24. The zero-order valence-electron chi connectivity index (χ0n) is 16.7. The van der Waals surface area contributed by atoms with E-state index in [1.54, 1.807) is 38.1 Å². The van der Waals surface area contributed by atoms with E-state index in [2.05, 4.69) is 6.07 Å². The number of hydrogen-bond donors (Lipinski definition) is 0. The van der Waals surface area contributed by atoms with Crippen molar-refractivity contribution in [2.75, 3.05) is 0 Å². The van der Waals surface area contributed by atoms with Crippen molar-refractivity contribution in [2.24, 2.45) is 0 Å². The molecule has 0 saturated carbocycles. The maximum atomic E-state index is 14.5. The molecule has 0 spiro atoms.